The topological polar surface area (TPSA) is 99.7 Å². The van der Waals surface area contributed by atoms with E-state index in [1.165, 1.54) is 0 Å². The molecule has 10 heteroatoms. The number of nitrogens with zero attached hydrogens (tertiary/aromatic N) is 3. The molecule has 4 rings (SSSR count). The van der Waals surface area contributed by atoms with E-state index in [9.17, 15) is 16.8 Å². The molecule has 0 atom stereocenters. The maximum absolute atomic E-state index is 13.5. The van der Waals surface area contributed by atoms with Gasteiger partial charge in [0.15, 0.2) is 0 Å². The van der Waals surface area contributed by atoms with Gasteiger partial charge in [-0.1, -0.05) is 41.5 Å². The Hall–Kier alpha value is -2.63. The fourth-order valence-electron chi connectivity index (χ4n) is 4.59. The van der Waals surface area contributed by atoms with Gasteiger partial charge in [-0.05, 0) is 76.2 Å². The largest absolute Gasteiger partial charge is 0.317 e. The van der Waals surface area contributed by atoms with Crippen LogP contribution in [0.4, 0.5) is 0 Å². The monoisotopic (exact) mass is 570 g/mol. The molecule has 39 heavy (non-hydrogen) atoms. The van der Waals surface area contributed by atoms with Gasteiger partial charge in [0.1, 0.15) is 0 Å². The van der Waals surface area contributed by atoms with Crippen molar-refractivity contribution in [3.63, 3.8) is 0 Å². The van der Waals surface area contributed by atoms with Gasteiger partial charge in [-0.25, -0.2) is 16.8 Å². The number of aryl methyl sites for hydroxylation is 2. The van der Waals surface area contributed by atoms with Gasteiger partial charge in [-0.15, -0.1) is 0 Å². The van der Waals surface area contributed by atoms with E-state index in [4.69, 9.17) is 4.98 Å². The van der Waals surface area contributed by atoms with Crippen LogP contribution in [-0.2, 0) is 32.9 Å². The molecule has 1 aliphatic heterocycles. The van der Waals surface area contributed by atoms with E-state index in [0.717, 1.165) is 22.5 Å². The first-order chi connectivity index (χ1) is 18.7. The third-order valence-corrected chi connectivity index (χ3v) is 10.8. The Morgan fingerprint density at radius 1 is 0.615 bits per heavy atom. The molecule has 2 aromatic carbocycles. The van der Waals surface area contributed by atoms with Crippen molar-refractivity contribution < 1.29 is 16.8 Å². The number of aromatic nitrogens is 1. The van der Waals surface area contributed by atoms with Crippen LogP contribution in [0.3, 0.4) is 0 Å². The Bertz CT molecular complexity index is 1330. The summed E-state index contributed by atoms with van der Waals surface area (Å²) in [5.74, 6) is 0. The average molecular weight is 571 g/mol. The van der Waals surface area contributed by atoms with Crippen LogP contribution in [-0.4, -0.2) is 69.7 Å². The van der Waals surface area contributed by atoms with E-state index in [1.54, 1.807) is 32.9 Å². The number of hydrogen-bond acceptors (Lipinski definition) is 6. The van der Waals surface area contributed by atoms with Crippen LogP contribution in [0.1, 0.15) is 35.4 Å². The predicted octanol–water partition coefficient (Wildman–Crippen LogP) is 3.55. The van der Waals surface area contributed by atoms with Crippen LogP contribution >= 0.6 is 0 Å². The molecule has 2 bridgehead atoms. The summed E-state index contributed by atoms with van der Waals surface area (Å²) in [6, 6.07) is 19.6. The van der Waals surface area contributed by atoms with Gasteiger partial charge in [0.2, 0.25) is 20.0 Å². The first kappa shape index (κ1) is 29.4. The molecule has 0 saturated carbocycles. The van der Waals surface area contributed by atoms with Gasteiger partial charge in [0.25, 0.3) is 0 Å². The molecule has 0 radical (unpaired) electrons. The smallest absolute Gasteiger partial charge is 0.243 e. The number of benzene rings is 2. The lowest BCUT2D eigenvalue weighted by atomic mass is 10.2. The molecule has 0 saturated heterocycles. The van der Waals surface area contributed by atoms with E-state index < -0.39 is 20.0 Å². The maximum Gasteiger partial charge on any atom is 0.243 e. The van der Waals surface area contributed by atoms with Crippen molar-refractivity contribution in [2.24, 2.45) is 0 Å². The molecule has 1 aliphatic rings. The SMILES string of the molecule is Cc1ccc(S(=O)(=O)N2CCCNCCCN(S(=O)(=O)c3ccc(C)cc3)CCc3cccc(n3)CC2)cc1. The van der Waals surface area contributed by atoms with Gasteiger partial charge in [0, 0.05) is 50.4 Å². The molecular formula is C29H38N4O4S2. The van der Waals surface area contributed by atoms with Crippen molar-refractivity contribution in [2.45, 2.75) is 49.3 Å². The van der Waals surface area contributed by atoms with Crippen molar-refractivity contribution >= 4 is 20.0 Å². The molecule has 0 unspecified atom stereocenters. The molecule has 0 aliphatic carbocycles. The van der Waals surface area contributed by atoms with E-state index in [2.05, 4.69) is 5.32 Å². The quantitative estimate of drug-likeness (QED) is 0.515. The Balaban J connectivity index is 1.54. The molecule has 1 N–H and O–H groups in total. The highest BCUT2D eigenvalue weighted by atomic mass is 32.2. The summed E-state index contributed by atoms with van der Waals surface area (Å²) in [6.45, 7) is 6.56. The van der Waals surface area contributed by atoms with Crippen LogP contribution < -0.4 is 5.32 Å². The second-order valence-electron chi connectivity index (χ2n) is 10.0. The fourth-order valence-corrected chi connectivity index (χ4v) is 7.55. The Labute approximate surface area is 233 Å². The number of hydrogen-bond donors (Lipinski definition) is 1. The van der Waals surface area contributed by atoms with Crippen molar-refractivity contribution in [3.05, 3.63) is 89.2 Å². The molecule has 0 spiro atoms. The van der Waals surface area contributed by atoms with Crippen molar-refractivity contribution in [2.75, 3.05) is 39.3 Å². The third-order valence-electron chi connectivity index (χ3n) is 6.94. The normalized spacial score (nSPS) is 17.6. The number of rotatable bonds is 4. The van der Waals surface area contributed by atoms with Crippen molar-refractivity contribution in [1.29, 1.82) is 0 Å². The minimum Gasteiger partial charge on any atom is -0.317 e. The summed E-state index contributed by atoms with van der Waals surface area (Å²) in [5, 5.41) is 3.36. The van der Waals surface area contributed by atoms with E-state index in [-0.39, 0.29) is 0 Å². The molecular weight excluding hydrogens is 532 g/mol. The molecule has 0 amide bonds. The van der Waals surface area contributed by atoms with Crippen LogP contribution in [0.25, 0.3) is 0 Å². The van der Waals surface area contributed by atoms with Gasteiger partial charge in [-0.2, -0.15) is 8.61 Å². The molecule has 210 valence electrons. The Kier molecular flexibility index (Phi) is 9.90. The summed E-state index contributed by atoms with van der Waals surface area (Å²) in [4.78, 5) is 5.34. The van der Waals surface area contributed by atoms with E-state index in [0.29, 0.717) is 74.7 Å². The summed E-state index contributed by atoms with van der Waals surface area (Å²) >= 11 is 0. The molecule has 1 aromatic heterocycles. The highest BCUT2D eigenvalue weighted by molar-refractivity contribution is 7.89. The summed E-state index contributed by atoms with van der Waals surface area (Å²) in [6.07, 6.45) is 2.23. The van der Waals surface area contributed by atoms with Gasteiger partial charge >= 0.3 is 0 Å². The number of fused-ring (bicyclic) bond motifs is 2. The molecule has 2 heterocycles. The van der Waals surface area contributed by atoms with Crippen LogP contribution in [0.15, 0.2) is 76.5 Å². The lowest BCUT2D eigenvalue weighted by Gasteiger charge is -2.24. The Morgan fingerprint density at radius 2 is 1.03 bits per heavy atom. The van der Waals surface area contributed by atoms with E-state index in [1.807, 2.05) is 56.3 Å². The molecule has 8 nitrogen and oxygen atoms in total. The van der Waals surface area contributed by atoms with Crippen molar-refractivity contribution in [3.8, 4) is 0 Å². The van der Waals surface area contributed by atoms with Crippen molar-refractivity contribution in [1.82, 2.24) is 18.9 Å². The minimum atomic E-state index is -3.64. The summed E-state index contributed by atoms with van der Waals surface area (Å²) in [5.41, 5.74) is 3.60. The minimum absolute atomic E-state index is 0.298. The number of nitrogens with one attached hydrogen (secondary N) is 1. The maximum atomic E-state index is 13.5. The van der Waals surface area contributed by atoms with Crippen LogP contribution in [0.2, 0.25) is 0 Å². The average Bonchev–Trinajstić information content (AvgIpc) is 2.91. The number of sulfonamides is 2. The lowest BCUT2D eigenvalue weighted by Crippen LogP contribution is -2.37. The zero-order valence-electron chi connectivity index (χ0n) is 22.7. The van der Waals surface area contributed by atoms with Crippen LogP contribution in [0.5, 0.6) is 0 Å². The highest BCUT2D eigenvalue weighted by Crippen LogP contribution is 2.19. The summed E-state index contributed by atoms with van der Waals surface area (Å²) < 4.78 is 56.9. The highest BCUT2D eigenvalue weighted by Gasteiger charge is 2.26. The first-order valence-electron chi connectivity index (χ1n) is 13.5. The second kappa shape index (κ2) is 13.1. The van der Waals surface area contributed by atoms with E-state index >= 15 is 0 Å². The summed E-state index contributed by atoms with van der Waals surface area (Å²) in [7, 11) is -7.28. The standard InChI is InChI=1S/C29H38N4O4S2/c1-24-8-12-28(13-9-24)38(34,35)32-20-4-18-30-19-5-21-33(39(36,37)29-14-10-25(2)11-15-29)23-17-27-7-3-6-26(31-27)16-22-32/h3,6-15,30H,4-5,16-23H2,1-2H3. The van der Waals surface area contributed by atoms with Gasteiger partial charge in [-0.3, -0.25) is 4.98 Å². The molecule has 3 aromatic rings. The zero-order chi connectivity index (χ0) is 27.9. The number of pyridine rings is 1. The first-order valence-corrected chi connectivity index (χ1v) is 16.3. The third kappa shape index (κ3) is 7.73. The predicted molar refractivity (Wildman–Crippen MR) is 154 cm³/mol. The fraction of sp³-hybridized carbons (Fsp3) is 0.414. The Morgan fingerprint density at radius 3 is 1.44 bits per heavy atom. The van der Waals surface area contributed by atoms with Crippen LogP contribution in [0, 0.1) is 13.8 Å². The second-order valence-corrected chi connectivity index (χ2v) is 13.9. The van der Waals surface area contributed by atoms with Gasteiger partial charge < -0.3 is 5.32 Å². The van der Waals surface area contributed by atoms with Gasteiger partial charge in [0.05, 0.1) is 9.79 Å². The lowest BCUT2D eigenvalue weighted by molar-refractivity contribution is 0.388. The molecule has 0 fully saturated rings. The zero-order valence-corrected chi connectivity index (χ0v) is 24.3.